The predicted molar refractivity (Wildman–Crippen MR) is 95.7 cm³/mol. The molecule has 0 saturated carbocycles. The maximum atomic E-state index is 12.2. The van der Waals surface area contributed by atoms with Gasteiger partial charge in [0.05, 0.1) is 17.6 Å². The number of fused-ring (bicyclic) bond motifs is 1. The molecule has 0 atom stereocenters. The third-order valence-electron chi connectivity index (χ3n) is 3.54. The van der Waals surface area contributed by atoms with E-state index in [0.717, 1.165) is 27.0 Å². The smallest absolute Gasteiger partial charge is 0.251 e. The van der Waals surface area contributed by atoms with E-state index in [1.54, 1.807) is 0 Å². The number of imidazole rings is 1. The number of hydrogen-bond donors (Lipinski definition) is 1. The van der Waals surface area contributed by atoms with E-state index in [2.05, 4.69) is 50.4 Å². The number of carbonyl (C=O) groups excluding carboxylic acids is 1. The van der Waals surface area contributed by atoms with Gasteiger partial charge in [-0.3, -0.25) is 4.79 Å². The number of nitrogens with one attached hydrogen (secondary N) is 1. The largest absolute Gasteiger partial charge is 0.345 e. The molecule has 0 unspecified atom stereocenters. The molecule has 2 aromatic carbocycles. The molecule has 3 aromatic rings. The minimum atomic E-state index is -0.0757. The normalized spacial score (nSPS) is 10.8. The Hall–Kier alpha value is -1.89. The first-order valence-corrected chi connectivity index (χ1v) is 8.25. The molecule has 0 aliphatic rings. The van der Waals surface area contributed by atoms with Crippen LogP contribution in [0.1, 0.15) is 23.1 Å². The molecule has 112 valence electrons. The SMILES string of the molecule is CCn1c(CNC(=O)c2cccc(I)c2)nc2ccccc21. The van der Waals surface area contributed by atoms with Gasteiger partial charge in [-0.05, 0) is 59.8 Å². The fraction of sp³-hybridized carbons (Fsp3) is 0.176. The van der Waals surface area contributed by atoms with Gasteiger partial charge in [-0.2, -0.15) is 0 Å². The third-order valence-corrected chi connectivity index (χ3v) is 4.21. The van der Waals surface area contributed by atoms with Gasteiger partial charge >= 0.3 is 0 Å². The van der Waals surface area contributed by atoms with Crippen molar-refractivity contribution in [2.75, 3.05) is 0 Å². The fourth-order valence-corrected chi connectivity index (χ4v) is 3.05. The zero-order valence-corrected chi connectivity index (χ0v) is 14.4. The van der Waals surface area contributed by atoms with Gasteiger partial charge in [-0.1, -0.05) is 18.2 Å². The summed E-state index contributed by atoms with van der Waals surface area (Å²) in [6, 6.07) is 15.6. The lowest BCUT2D eigenvalue weighted by atomic mass is 10.2. The van der Waals surface area contributed by atoms with Gasteiger partial charge in [-0.25, -0.2) is 4.98 Å². The first kappa shape index (κ1) is 15.0. The molecule has 5 heteroatoms. The number of carbonyl (C=O) groups is 1. The average Bonchev–Trinajstić information content (AvgIpc) is 2.90. The second kappa shape index (κ2) is 6.48. The highest BCUT2D eigenvalue weighted by atomic mass is 127. The Kier molecular flexibility index (Phi) is 4.42. The van der Waals surface area contributed by atoms with Crippen LogP contribution in [0.15, 0.2) is 48.5 Å². The molecular weight excluding hydrogens is 389 g/mol. The molecule has 1 aromatic heterocycles. The van der Waals surface area contributed by atoms with E-state index in [9.17, 15) is 4.79 Å². The zero-order valence-electron chi connectivity index (χ0n) is 12.2. The molecule has 0 fully saturated rings. The number of rotatable bonds is 4. The molecule has 1 N–H and O–H groups in total. The van der Waals surface area contributed by atoms with Crippen molar-refractivity contribution >= 4 is 39.5 Å². The lowest BCUT2D eigenvalue weighted by Gasteiger charge is -2.08. The highest BCUT2D eigenvalue weighted by Crippen LogP contribution is 2.16. The number of benzene rings is 2. The van der Waals surface area contributed by atoms with E-state index >= 15 is 0 Å². The summed E-state index contributed by atoms with van der Waals surface area (Å²) in [4.78, 5) is 16.8. The summed E-state index contributed by atoms with van der Waals surface area (Å²) in [5.74, 6) is 0.802. The highest BCUT2D eigenvalue weighted by molar-refractivity contribution is 14.1. The number of aryl methyl sites for hydroxylation is 1. The fourth-order valence-electron chi connectivity index (χ4n) is 2.50. The third kappa shape index (κ3) is 2.99. The van der Waals surface area contributed by atoms with Crippen LogP contribution in [0.5, 0.6) is 0 Å². The second-order valence-corrected chi connectivity index (χ2v) is 6.20. The van der Waals surface area contributed by atoms with E-state index in [1.807, 2.05) is 42.5 Å². The van der Waals surface area contributed by atoms with Crippen LogP contribution >= 0.6 is 22.6 Å². The van der Waals surface area contributed by atoms with Gasteiger partial charge in [0, 0.05) is 15.7 Å². The predicted octanol–water partition coefficient (Wildman–Crippen LogP) is 3.59. The molecule has 3 rings (SSSR count). The van der Waals surface area contributed by atoms with Crippen molar-refractivity contribution in [3.63, 3.8) is 0 Å². The van der Waals surface area contributed by atoms with Crippen LogP contribution in [0.3, 0.4) is 0 Å². The Labute approximate surface area is 142 Å². The van der Waals surface area contributed by atoms with Crippen LogP contribution < -0.4 is 5.32 Å². The summed E-state index contributed by atoms with van der Waals surface area (Å²) in [5.41, 5.74) is 2.73. The van der Waals surface area contributed by atoms with E-state index in [-0.39, 0.29) is 5.91 Å². The summed E-state index contributed by atoms with van der Waals surface area (Å²) in [7, 11) is 0. The van der Waals surface area contributed by atoms with Crippen LogP contribution in [-0.4, -0.2) is 15.5 Å². The number of hydrogen-bond acceptors (Lipinski definition) is 2. The summed E-state index contributed by atoms with van der Waals surface area (Å²) in [6.45, 7) is 3.33. The van der Waals surface area contributed by atoms with Gasteiger partial charge in [0.1, 0.15) is 5.82 Å². The van der Waals surface area contributed by atoms with Crippen LogP contribution in [0, 0.1) is 3.57 Å². The van der Waals surface area contributed by atoms with E-state index in [0.29, 0.717) is 12.1 Å². The Morgan fingerprint density at radius 1 is 1.23 bits per heavy atom. The first-order valence-electron chi connectivity index (χ1n) is 7.17. The van der Waals surface area contributed by atoms with Crippen molar-refractivity contribution in [2.45, 2.75) is 20.0 Å². The first-order chi connectivity index (χ1) is 10.7. The van der Waals surface area contributed by atoms with Crippen molar-refractivity contribution in [2.24, 2.45) is 0 Å². The van der Waals surface area contributed by atoms with Gasteiger partial charge in [0.15, 0.2) is 0 Å². The molecule has 0 bridgehead atoms. The standard InChI is InChI=1S/C17H16IN3O/c1-2-21-15-9-4-3-8-14(15)20-16(21)11-19-17(22)12-6-5-7-13(18)10-12/h3-10H,2,11H2,1H3,(H,19,22). The Bertz CT molecular complexity index is 826. The number of amides is 1. The Morgan fingerprint density at radius 2 is 2.05 bits per heavy atom. The molecule has 0 aliphatic carbocycles. The van der Waals surface area contributed by atoms with Crippen molar-refractivity contribution in [1.29, 1.82) is 0 Å². The van der Waals surface area contributed by atoms with Gasteiger partial charge < -0.3 is 9.88 Å². The van der Waals surface area contributed by atoms with Crippen LogP contribution in [0.2, 0.25) is 0 Å². The topological polar surface area (TPSA) is 46.9 Å². The van der Waals surface area contributed by atoms with Gasteiger partial charge in [-0.15, -0.1) is 0 Å². The molecule has 0 saturated heterocycles. The zero-order chi connectivity index (χ0) is 15.5. The molecule has 0 spiro atoms. The van der Waals surface area contributed by atoms with Gasteiger partial charge in [0.25, 0.3) is 5.91 Å². The average molecular weight is 405 g/mol. The second-order valence-electron chi connectivity index (χ2n) is 4.95. The summed E-state index contributed by atoms with van der Waals surface area (Å²) >= 11 is 2.20. The molecule has 0 aliphatic heterocycles. The summed E-state index contributed by atoms with van der Waals surface area (Å²) < 4.78 is 3.18. The van der Waals surface area contributed by atoms with E-state index < -0.39 is 0 Å². The van der Waals surface area contributed by atoms with E-state index in [1.165, 1.54) is 0 Å². The highest BCUT2D eigenvalue weighted by Gasteiger charge is 2.11. The molecule has 1 amide bonds. The minimum absolute atomic E-state index is 0.0757. The number of aromatic nitrogens is 2. The molecule has 1 heterocycles. The lowest BCUT2D eigenvalue weighted by molar-refractivity contribution is 0.0949. The van der Waals surface area contributed by atoms with E-state index in [4.69, 9.17) is 0 Å². The molecule has 4 nitrogen and oxygen atoms in total. The Morgan fingerprint density at radius 3 is 2.82 bits per heavy atom. The van der Waals surface area contributed by atoms with Crippen LogP contribution in [0.4, 0.5) is 0 Å². The number of para-hydroxylation sites is 2. The van der Waals surface area contributed by atoms with Crippen LogP contribution in [-0.2, 0) is 13.1 Å². The van der Waals surface area contributed by atoms with Crippen LogP contribution in [0.25, 0.3) is 11.0 Å². The molecular formula is C17H16IN3O. The quantitative estimate of drug-likeness (QED) is 0.675. The number of nitrogens with zero attached hydrogens (tertiary/aromatic N) is 2. The maximum absolute atomic E-state index is 12.2. The minimum Gasteiger partial charge on any atom is -0.345 e. The summed E-state index contributed by atoms with van der Waals surface area (Å²) in [5, 5.41) is 2.95. The Balaban J connectivity index is 1.80. The van der Waals surface area contributed by atoms with Crippen molar-refractivity contribution < 1.29 is 4.79 Å². The van der Waals surface area contributed by atoms with Crippen molar-refractivity contribution in [1.82, 2.24) is 14.9 Å². The maximum Gasteiger partial charge on any atom is 0.251 e. The summed E-state index contributed by atoms with van der Waals surface area (Å²) in [6.07, 6.45) is 0. The monoisotopic (exact) mass is 405 g/mol. The van der Waals surface area contributed by atoms with Crippen molar-refractivity contribution in [3.8, 4) is 0 Å². The molecule has 22 heavy (non-hydrogen) atoms. The lowest BCUT2D eigenvalue weighted by Crippen LogP contribution is -2.24. The van der Waals surface area contributed by atoms with Gasteiger partial charge in [0.2, 0.25) is 0 Å². The number of halogens is 1. The van der Waals surface area contributed by atoms with Crippen molar-refractivity contribution in [3.05, 3.63) is 63.5 Å². The molecule has 0 radical (unpaired) electrons.